The molecule has 90 valence electrons. The van der Waals surface area contributed by atoms with Gasteiger partial charge in [-0.3, -0.25) is 0 Å². The average molecular weight is 294 g/mol. The number of hydrogen-bond donors (Lipinski definition) is 1. The van der Waals surface area contributed by atoms with Gasteiger partial charge in [-0.05, 0) is 56.2 Å². The summed E-state index contributed by atoms with van der Waals surface area (Å²) in [5.41, 5.74) is 5.63. The van der Waals surface area contributed by atoms with Crippen LogP contribution in [0.4, 0.5) is 0 Å². The minimum Gasteiger partial charge on any atom is -0.392 e. The number of benzene rings is 1. The van der Waals surface area contributed by atoms with E-state index < -0.39 is 0 Å². The Morgan fingerprint density at radius 1 is 1.18 bits per heavy atom. The van der Waals surface area contributed by atoms with Gasteiger partial charge < -0.3 is 9.67 Å². The Balaban J connectivity index is 2.64. The van der Waals surface area contributed by atoms with Gasteiger partial charge in [0.15, 0.2) is 0 Å². The van der Waals surface area contributed by atoms with Gasteiger partial charge in [-0.1, -0.05) is 15.9 Å². The van der Waals surface area contributed by atoms with Gasteiger partial charge in [0, 0.05) is 21.5 Å². The lowest BCUT2D eigenvalue weighted by Crippen LogP contribution is -2.02. The number of hydrogen-bond acceptors (Lipinski definition) is 1. The van der Waals surface area contributed by atoms with Crippen LogP contribution in [0.5, 0.6) is 0 Å². The lowest BCUT2D eigenvalue weighted by molar-refractivity contribution is 0.281. The fourth-order valence-electron chi connectivity index (χ4n) is 2.23. The second-order valence-electron chi connectivity index (χ2n) is 4.32. The third kappa shape index (κ3) is 2.17. The van der Waals surface area contributed by atoms with Crippen molar-refractivity contribution in [2.45, 2.75) is 27.4 Å². The van der Waals surface area contributed by atoms with Gasteiger partial charge in [0.2, 0.25) is 0 Å². The normalized spacial score (nSPS) is 10.9. The largest absolute Gasteiger partial charge is 0.392 e. The van der Waals surface area contributed by atoms with Crippen LogP contribution in [-0.2, 0) is 6.61 Å². The Kier molecular flexibility index (Phi) is 3.40. The van der Waals surface area contributed by atoms with Crippen molar-refractivity contribution in [2.75, 3.05) is 0 Å². The molecule has 1 aromatic heterocycles. The average Bonchev–Trinajstić information content (AvgIpc) is 2.55. The van der Waals surface area contributed by atoms with Crippen LogP contribution in [0.25, 0.3) is 5.69 Å². The van der Waals surface area contributed by atoms with Gasteiger partial charge >= 0.3 is 0 Å². The van der Waals surface area contributed by atoms with Gasteiger partial charge in [0.1, 0.15) is 0 Å². The Morgan fingerprint density at radius 3 is 2.41 bits per heavy atom. The monoisotopic (exact) mass is 293 g/mol. The minimum absolute atomic E-state index is 0.0925. The van der Waals surface area contributed by atoms with E-state index in [1.54, 1.807) is 0 Å². The summed E-state index contributed by atoms with van der Waals surface area (Å²) in [6.07, 6.45) is 0. The maximum atomic E-state index is 9.30. The van der Waals surface area contributed by atoms with Crippen LogP contribution in [0.2, 0.25) is 0 Å². The van der Waals surface area contributed by atoms with E-state index in [4.69, 9.17) is 0 Å². The Labute approximate surface area is 110 Å². The smallest absolute Gasteiger partial charge is 0.0699 e. The molecule has 0 aliphatic heterocycles. The second kappa shape index (κ2) is 4.67. The summed E-state index contributed by atoms with van der Waals surface area (Å²) in [6.45, 7) is 6.29. The summed E-state index contributed by atoms with van der Waals surface area (Å²) in [5.74, 6) is 0. The number of nitrogens with zero attached hydrogens (tertiary/aromatic N) is 1. The van der Waals surface area contributed by atoms with Crippen LogP contribution >= 0.6 is 15.9 Å². The van der Waals surface area contributed by atoms with E-state index in [1.165, 1.54) is 11.3 Å². The lowest BCUT2D eigenvalue weighted by Gasteiger charge is -2.13. The maximum absolute atomic E-state index is 9.30. The van der Waals surface area contributed by atoms with Crippen molar-refractivity contribution < 1.29 is 5.11 Å². The van der Waals surface area contributed by atoms with Gasteiger partial charge in [-0.15, -0.1) is 0 Å². The zero-order valence-corrected chi connectivity index (χ0v) is 11.9. The predicted octanol–water partition coefficient (Wildman–Crippen LogP) is 3.66. The minimum atomic E-state index is 0.0925. The van der Waals surface area contributed by atoms with E-state index in [-0.39, 0.29) is 6.61 Å². The molecule has 0 amide bonds. The third-order valence-electron chi connectivity index (χ3n) is 3.11. The molecule has 0 saturated heterocycles. The summed E-state index contributed by atoms with van der Waals surface area (Å²) >= 11 is 3.48. The topological polar surface area (TPSA) is 25.2 Å². The molecule has 2 rings (SSSR count). The van der Waals surface area contributed by atoms with Crippen LogP contribution in [0.1, 0.15) is 22.5 Å². The molecule has 0 spiro atoms. The molecule has 0 aliphatic carbocycles. The SMILES string of the molecule is Cc1cc(Br)ccc1-n1c(C)cc(CO)c1C. The molecule has 0 fully saturated rings. The Bertz CT molecular complexity index is 558. The first-order chi connectivity index (χ1) is 8.04. The van der Waals surface area contributed by atoms with E-state index in [2.05, 4.69) is 46.5 Å². The summed E-state index contributed by atoms with van der Waals surface area (Å²) in [4.78, 5) is 0. The highest BCUT2D eigenvalue weighted by Crippen LogP contribution is 2.25. The Morgan fingerprint density at radius 2 is 1.88 bits per heavy atom. The molecule has 0 radical (unpaired) electrons. The molecule has 2 aromatic rings. The first-order valence-corrected chi connectivity index (χ1v) is 6.39. The van der Waals surface area contributed by atoms with Crippen LogP contribution in [0.3, 0.4) is 0 Å². The molecule has 2 nitrogen and oxygen atoms in total. The molecule has 1 aromatic carbocycles. The quantitative estimate of drug-likeness (QED) is 0.898. The van der Waals surface area contributed by atoms with Gasteiger partial charge in [0.05, 0.1) is 6.61 Å². The molecule has 1 N–H and O–H groups in total. The van der Waals surface area contributed by atoms with Gasteiger partial charge in [-0.2, -0.15) is 0 Å². The third-order valence-corrected chi connectivity index (χ3v) is 3.60. The number of rotatable bonds is 2. The molecule has 0 atom stereocenters. The number of aromatic nitrogens is 1. The zero-order valence-electron chi connectivity index (χ0n) is 10.3. The van der Waals surface area contributed by atoms with E-state index in [1.807, 2.05) is 19.1 Å². The van der Waals surface area contributed by atoms with Crippen molar-refractivity contribution in [2.24, 2.45) is 0 Å². The number of aliphatic hydroxyl groups excluding tert-OH is 1. The summed E-state index contributed by atoms with van der Waals surface area (Å²) in [5, 5.41) is 9.30. The molecule has 0 aliphatic rings. The molecule has 3 heteroatoms. The molecule has 1 heterocycles. The fourth-order valence-corrected chi connectivity index (χ4v) is 2.71. The van der Waals surface area contributed by atoms with E-state index in [0.717, 1.165) is 21.4 Å². The van der Waals surface area contributed by atoms with Crippen LogP contribution in [-0.4, -0.2) is 9.67 Å². The van der Waals surface area contributed by atoms with Crippen molar-refractivity contribution in [1.82, 2.24) is 4.57 Å². The first kappa shape index (κ1) is 12.4. The van der Waals surface area contributed by atoms with Gasteiger partial charge in [-0.25, -0.2) is 0 Å². The number of aryl methyl sites for hydroxylation is 2. The molecular formula is C14H16BrNO. The highest BCUT2D eigenvalue weighted by molar-refractivity contribution is 9.10. The van der Waals surface area contributed by atoms with Crippen molar-refractivity contribution in [3.63, 3.8) is 0 Å². The predicted molar refractivity (Wildman–Crippen MR) is 73.6 cm³/mol. The lowest BCUT2D eigenvalue weighted by atomic mass is 10.2. The summed E-state index contributed by atoms with van der Waals surface area (Å²) in [6, 6.07) is 8.28. The van der Waals surface area contributed by atoms with E-state index in [9.17, 15) is 5.11 Å². The standard InChI is InChI=1S/C14H16BrNO/c1-9-6-13(15)4-5-14(9)16-10(2)7-12(8-17)11(16)3/h4-7,17H,8H2,1-3H3. The molecule has 0 saturated carbocycles. The highest BCUT2D eigenvalue weighted by Gasteiger charge is 2.11. The van der Waals surface area contributed by atoms with Crippen molar-refractivity contribution in [1.29, 1.82) is 0 Å². The van der Waals surface area contributed by atoms with Crippen LogP contribution in [0, 0.1) is 20.8 Å². The molecule has 17 heavy (non-hydrogen) atoms. The van der Waals surface area contributed by atoms with Crippen molar-refractivity contribution in [3.05, 3.63) is 51.3 Å². The van der Waals surface area contributed by atoms with Crippen molar-refractivity contribution >= 4 is 15.9 Å². The zero-order chi connectivity index (χ0) is 12.6. The fraction of sp³-hybridized carbons (Fsp3) is 0.286. The van der Waals surface area contributed by atoms with E-state index >= 15 is 0 Å². The van der Waals surface area contributed by atoms with Crippen LogP contribution < -0.4 is 0 Å². The highest BCUT2D eigenvalue weighted by atomic mass is 79.9. The first-order valence-electron chi connectivity index (χ1n) is 5.59. The van der Waals surface area contributed by atoms with Crippen LogP contribution in [0.15, 0.2) is 28.7 Å². The summed E-state index contributed by atoms with van der Waals surface area (Å²) < 4.78 is 3.27. The Hall–Kier alpha value is -1.06. The molecule has 0 unspecified atom stereocenters. The molecular weight excluding hydrogens is 278 g/mol. The number of aliphatic hydroxyl groups is 1. The molecule has 0 bridgehead atoms. The maximum Gasteiger partial charge on any atom is 0.0699 e. The van der Waals surface area contributed by atoms with Gasteiger partial charge in [0.25, 0.3) is 0 Å². The number of halogens is 1. The second-order valence-corrected chi connectivity index (χ2v) is 5.24. The van der Waals surface area contributed by atoms with Crippen molar-refractivity contribution in [3.8, 4) is 5.69 Å². The van der Waals surface area contributed by atoms with E-state index in [0.29, 0.717) is 0 Å². The summed E-state index contributed by atoms with van der Waals surface area (Å²) in [7, 11) is 0.